The van der Waals surface area contributed by atoms with Gasteiger partial charge in [-0.3, -0.25) is 0 Å². The zero-order valence-electron chi connectivity index (χ0n) is 27.8. The van der Waals surface area contributed by atoms with Crippen molar-refractivity contribution in [3.63, 3.8) is 0 Å². The van der Waals surface area contributed by atoms with Gasteiger partial charge in [-0.2, -0.15) is 20.4 Å². The fraction of sp³-hybridized carbons (Fsp3) is 0.125. The zero-order valence-corrected chi connectivity index (χ0v) is 34.3. The van der Waals surface area contributed by atoms with Crippen LogP contribution >= 0.6 is 64.7 Å². The summed E-state index contributed by atoms with van der Waals surface area (Å²) in [5, 5.41) is 14.8. The van der Waals surface area contributed by atoms with Gasteiger partial charge in [0.15, 0.2) is 0 Å². The van der Waals surface area contributed by atoms with Gasteiger partial charge in [-0.05, 0) is 48.5 Å². The van der Waals surface area contributed by atoms with Gasteiger partial charge in [-0.25, -0.2) is 0 Å². The van der Waals surface area contributed by atoms with Crippen LogP contribution in [0.4, 0.5) is 0 Å². The van der Waals surface area contributed by atoms with E-state index in [1.54, 1.807) is 45.3 Å². The number of aryl methyl sites for hydroxylation is 4. The van der Waals surface area contributed by atoms with Gasteiger partial charge >= 0.3 is 34.5 Å². The Morgan fingerprint density at radius 3 is 0.745 bits per heavy atom. The molecule has 271 valence electrons. The Hall–Kier alpha value is -3.96. The minimum atomic E-state index is -0.226. The molecule has 0 aliphatic carbocycles. The van der Waals surface area contributed by atoms with Crippen molar-refractivity contribution in [2.45, 2.75) is 0 Å². The Balaban J connectivity index is 0.000000148. The second-order valence-electron chi connectivity index (χ2n) is 10.2. The summed E-state index contributed by atoms with van der Waals surface area (Å²) in [7, 11) is 17.5. The van der Waals surface area contributed by atoms with Crippen LogP contribution in [0.15, 0.2) is 117 Å². The van der Waals surface area contributed by atoms with Crippen molar-refractivity contribution in [2.24, 2.45) is 72.0 Å². The first kappa shape index (κ1) is 39.8. The number of nitrogens with zero attached hydrogens (tertiary/aromatic N) is 8. The van der Waals surface area contributed by atoms with Gasteiger partial charge in [0, 0.05) is 28.2 Å². The van der Waals surface area contributed by atoms with E-state index in [-0.39, 0.29) is 15.1 Å². The quantitative estimate of drug-likeness (QED) is 0.0904. The van der Waals surface area contributed by atoms with Crippen molar-refractivity contribution >= 4 is 106 Å². The number of benzene rings is 4. The zero-order chi connectivity index (χ0) is 36.9. The molecule has 19 heteroatoms. The summed E-state index contributed by atoms with van der Waals surface area (Å²) >= 11 is 6.16. The third-order valence-electron chi connectivity index (χ3n) is 7.30. The monoisotopic (exact) mass is 889 g/mol. The average Bonchev–Trinajstić information content (AvgIpc) is 3.89. The van der Waals surface area contributed by atoms with Crippen molar-refractivity contribution in [3.8, 4) is 0 Å². The van der Waals surface area contributed by atoms with E-state index in [0.717, 1.165) is 19.2 Å². The van der Waals surface area contributed by atoms with Gasteiger partial charge < -0.3 is 41.6 Å². The van der Waals surface area contributed by atoms with Crippen LogP contribution in [0.5, 0.6) is 0 Å². The number of nitrogens with two attached hydrogens (primary N) is 4. The summed E-state index contributed by atoms with van der Waals surface area (Å²) in [5.41, 5.74) is 4.69. The van der Waals surface area contributed by atoms with E-state index in [9.17, 15) is 0 Å². The van der Waals surface area contributed by atoms with Crippen molar-refractivity contribution in [1.29, 1.82) is 0 Å². The van der Waals surface area contributed by atoms with E-state index in [4.69, 9.17) is 42.8 Å². The Morgan fingerprint density at radius 2 is 0.588 bits per heavy atom. The van der Waals surface area contributed by atoms with E-state index < -0.39 is 0 Å². The first-order valence-corrected chi connectivity index (χ1v) is 22.2. The number of fused-ring (bicyclic) bond motifs is 4. The van der Waals surface area contributed by atoms with E-state index in [2.05, 4.69) is 68.9 Å². The SMILES string of the molecule is Cn1/c(=N/N)sc2ccccc21.Cn1/c(=N/N)sc2ccccc21.Cn1/c(=N/N)sc2ccccc21.Cn1/c(=N\N)sc2ccccc21.[Cl][Rh][Cl]. The average molecular weight is 891 g/mol. The molecule has 12 nitrogen and oxygen atoms in total. The van der Waals surface area contributed by atoms with Crippen molar-refractivity contribution in [1.82, 2.24) is 18.3 Å². The third kappa shape index (κ3) is 9.68. The van der Waals surface area contributed by atoms with E-state index in [1.807, 2.05) is 95.0 Å². The molecule has 0 radical (unpaired) electrons. The Morgan fingerprint density at radius 1 is 0.412 bits per heavy atom. The van der Waals surface area contributed by atoms with E-state index in [0.29, 0.717) is 0 Å². The van der Waals surface area contributed by atoms with Crippen LogP contribution in [0, 0.1) is 0 Å². The summed E-state index contributed by atoms with van der Waals surface area (Å²) < 4.78 is 12.8. The molecule has 0 atom stereocenters. The van der Waals surface area contributed by atoms with Crippen molar-refractivity contribution in [3.05, 3.63) is 116 Å². The molecule has 0 spiro atoms. The predicted octanol–water partition coefficient (Wildman–Crippen LogP) is 5.43. The summed E-state index contributed by atoms with van der Waals surface area (Å²) in [6.45, 7) is 0. The van der Waals surface area contributed by atoms with Crippen LogP contribution in [-0.4, -0.2) is 18.3 Å². The van der Waals surface area contributed by atoms with Gasteiger partial charge in [0.2, 0.25) is 19.2 Å². The van der Waals surface area contributed by atoms with Crippen LogP contribution in [0.1, 0.15) is 0 Å². The molecule has 51 heavy (non-hydrogen) atoms. The van der Waals surface area contributed by atoms with Crippen LogP contribution in [0.25, 0.3) is 40.9 Å². The number of para-hydroxylation sites is 4. The minimum absolute atomic E-state index is 0.226. The van der Waals surface area contributed by atoms with Crippen molar-refractivity contribution in [2.75, 3.05) is 0 Å². The van der Waals surface area contributed by atoms with Crippen molar-refractivity contribution < 1.29 is 15.1 Å². The molecule has 8 rings (SSSR count). The molecule has 0 unspecified atom stereocenters. The van der Waals surface area contributed by atoms with Crippen LogP contribution in [-0.2, 0) is 43.3 Å². The Labute approximate surface area is 324 Å². The summed E-state index contributed by atoms with van der Waals surface area (Å²) in [4.78, 5) is 3.37. The molecule has 8 N–H and O–H groups in total. The molecule has 8 aromatic rings. The topological polar surface area (TPSA) is 173 Å². The molecular weight excluding hydrogens is 855 g/mol. The second-order valence-corrected chi connectivity index (χ2v) is 16.7. The van der Waals surface area contributed by atoms with Crippen LogP contribution in [0.3, 0.4) is 0 Å². The second kappa shape index (κ2) is 19.6. The molecule has 0 aliphatic rings. The van der Waals surface area contributed by atoms with Crippen LogP contribution < -0.4 is 42.6 Å². The molecule has 0 amide bonds. The van der Waals surface area contributed by atoms with Gasteiger partial charge in [-0.15, -0.1) is 0 Å². The number of aromatic nitrogens is 4. The normalized spacial score (nSPS) is 12.3. The standard InChI is InChI=1S/4C8H9N3S.2ClH.Rh/c4*1-11-6-4-2-3-5-7(6)12-8(11)10-9;;;/h4*2-5H,9H2,1H3;2*1H;/q;;;;;;+2/p-2/b10-8+;3*10-8-;;;. The molecule has 0 saturated carbocycles. The van der Waals surface area contributed by atoms with Gasteiger partial charge in [-0.1, -0.05) is 93.9 Å². The maximum absolute atomic E-state index is 5.23. The maximum atomic E-state index is 5.23. The number of halogens is 2. The van der Waals surface area contributed by atoms with Gasteiger partial charge in [0.25, 0.3) is 0 Å². The molecule has 0 aliphatic heterocycles. The van der Waals surface area contributed by atoms with Gasteiger partial charge in [0.05, 0.1) is 40.9 Å². The fourth-order valence-corrected chi connectivity index (χ4v) is 8.58. The first-order valence-electron chi connectivity index (χ1n) is 14.7. The summed E-state index contributed by atoms with van der Waals surface area (Å²) in [6, 6.07) is 32.6. The molecule has 0 saturated heterocycles. The summed E-state index contributed by atoms with van der Waals surface area (Å²) in [6.07, 6.45) is 0. The first-order chi connectivity index (χ1) is 24.7. The molecule has 4 heterocycles. The molecule has 0 bridgehead atoms. The van der Waals surface area contributed by atoms with Gasteiger partial charge in [0.1, 0.15) is 0 Å². The fourth-order valence-electron chi connectivity index (χ4n) is 4.81. The van der Waals surface area contributed by atoms with E-state index in [1.165, 1.54) is 40.9 Å². The molecule has 4 aromatic heterocycles. The van der Waals surface area contributed by atoms with E-state index >= 15 is 0 Å². The molecule has 0 fully saturated rings. The number of rotatable bonds is 0. The third-order valence-corrected chi connectivity index (χ3v) is 11.8. The molecule has 4 aromatic carbocycles. The summed E-state index contributed by atoms with van der Waals surface area (Å²) in [5.74, 6) is 20.9. The Kier molecular flexibility index (Phi) is 15.3. The number of hydrogen-bond acceptors (Lipinski definition) is 12. The number of hydrogen-bond donors (Lipinski definition) is 4. The van der Waals surface area contributed by atoms with Crippen LogP contribution in [0.2, 0.25) is 0 Å². The predicted molar refractivity (Wildman–Crippen MR) is 214 cm³/mol. The Bertz CT molecular complexity index is 2260. The number of thiazole rings is 4. The molecular formula is C32H36Cl2N12RhS4.